The van der Waals surface area contributed by atoms with Crippen LogP contribution in [0.4, 0.5) is 0 Å². The van der Waals surface area contributed by atoms with Crippen LogP contribution in [0.25, 0.3) is 0 Å². The van der Waals surface area contributed by atoms with Crippen molar-refractivity contribution in [1.29, 1.82) is 0 Å². The van der Waals surface area contributed by atoms with Crippen LogP contribution in [-0.4, -0.2) is 17.1 Å². The van der Waals surface area contributed by atoms with Crippen molar-refractivity contribution < 1.29 is 4.74 Å². The number of aromatic nitrogens is 2. The fourth-order valence-corrected chi connectivity index (χ4v) is 2.64. The lowest BCUT2D eigenvalue weighted by atomic mass is 10.2. The van der Waals surface area contributed by atoms with Crippen molar-refractivity contribution in [3.63, 3.8) is 0 Å². The maximum Gasteiger partial charge on any atom is 0.118 e. The summed E-state index contributed by atoms with van der Waals surface area (Å²) < 4.78 is 4.97. The van der Waals surface area contributed by atoms with Crippen molar-refractivity contribution in [1.82, 2.24) is 9.97 Å². The molecule has 192 valence electrons. The van der Waals surface area contributed by atoms with E-state index in [0.717, 1.165) is 11.4 Å². The van der Waals surface area contributed by atoms with Gasteiger partial charge in [-0.3, -0.25) is 9.97 Å². The highest BCUT2D eigenvalue weighted by molar-refractivity contribution is 5.25. The highest BCUT2D eigenvalue weighted by Crippen LogP contribution is 2.09. The van der Waals surface area contributed by atoms with Gasteiger partial charge in [-0.15, -0.1) is 0 Å². The summed E-state index contributed by atoms with van der Waals surface area (Å²) in [5, 5.41) is 0. The second-order valence-corrected chi connectivity index (χ2v) is 8.33. The first-order chi connectivity index (χ1) is 17.9. The standard InChI is InChI=1S/C8H10O.2C7H8.2C6H7N/c1-7-3-5-8(9-2)6-4-7;2*1-7-5-3-2-4-6-7;1-6-3-2-4-7-5-6;1-6-4-2-3-5-7-6/h3-6H,1-2H3;2*2-6H,1H3;2*2-5H,1H3. The van der Waals surface area contributed by atoms with Gasteiger partial charge in [0, 0.05) is 24.3 Å². The van der Waals surface area contributed by atoms with Gasteiger partial charge in [0.1, 0.15) is 5.75 Å². The van der Waals surface area contributed by atoms with Crippen LogP contribution >= 0.6 is 0 Å². The Kier molecular flexibility index (Phi) is 16.6. The van der Waals surface area contributed by atoms with Crippen molar-refractivity contribution >= 4 is 0 Å². The number of aryl methyl sites for hydroxylation is 5. The molecule has 0 amide bonds. The number of pyridine rings is 2. The maximum atomic E-state index is 4.97. The van der Waals surface area contributed by atoms with Gasteiger partial charge in [-0.1, -0.05) is 102 Å². The van der Waals surface area contributed by atoms with Gasteiger partial charge in [0.15, 0.2) is 0 Å². The lowest BCUT2D eigenvalue weighted by Gasteiger charge is -1.97. The molecule has 0 spiro atoms. The van der Waals surface area contributed by atoms with Crippen LogP contribution in [0.5, 0.6) is 5.75 Å². The summed E-state index contributed by atoms with van der Waals surface area (Å²) >= 11 is 0. The molecule has 0 saturated carbocycles. The Morgan fingerprint density at radius 3 is 1.22 bits per heavy atom. The van der Waals surface area contributed by atoms with E-state index < -0.39 is 0 Å². The summed E-state index contributed by atoms with van der Waals surface area (Å²) in [4.78, 5) is 7.86. The minimum atomic E-state index is 0.917. The zero-order valence-electron chi connectivity index (χ0n) is 23.0. The summed E-state index contributed by atoms with van der Waals surface area (Å²) in [6.07, 6.45) is 5.39. The van der Waals surface area contributed by atoms with Crippen LogP contribution < -0.4 is 4.74 Å². The first-order valence-corrected chi connectivity index (χ1v) is 12.3. The smallest absolute Gasteiger partial charge is 0.118 e. The number of methoxy groups -OCH3 is 1. The Morgan fingerprint density at radius 2 is 0.946 bits per heavy atom. The summed E-state index contributed by atoms with van der Waals surface area (Å²) in [5.41, 5.74) is 6.19. The average Bonchev–Trinajstić information content (AvgIpc) is 2.92. The van der Waals surface area contributed by atoms with Gasteiger partial charge < -0.3 is 4.74 Å². The highest BCUT2D eigenvalue weighted by Gasteiger charge is 1.85. The van der Waals surface area contributed by atoms with E-state index in [2.05, 4.69) is 55.0 Å². The Labute approximate surface area is 223 Å². The minimum absolute atomic E-state index is 0.917. The number of hydrogen-bond donors (Lipinski definition) is 0. The normalized spacial score (nSPS) is 8.81. The molecule has 0 aliphatic rings. The van der Waals surface area contributed by atoms with Gasteiger partial charge in [0.2, 0.25) is 0 Å². The van der Waals surface area contributed by atoms with E-state index in [1.807, 2.05) is 111 Å². The average molecular weight is 493 g/mol. The van der Waals surface area contributed by atoms with E-state index in [9.17, 15) is 0 Å². The lowest BCUT2D eigenvalue weighted by molar-refractivity contribution is 0.414. The van der Waals surface area contributed by atoms with Gasteiger partial charge in [-0.05, 0) is 70.5 Å². The maximum absolute atomic E-state index is 4.97. The fraction of sp³-hybridized carbons (Fsp3) is 0.176. The molecule has 0 N–H and O–H groups in total. The van der Waals surface area contributed by atoms with Crippen molar-refractivity contribution in [3.8, 4) is 5.75 Å². The third kappa shape index (κ3) is 17.8. The fourth-order valence-electron chi connectivity index (χ4n) is 2.64. The van der Waals surface area contributed by atoms with E-state index in [1.54, 1.807) is 19.5 Å². The van der Waals surface area contributed by atoms with Crippen LogP contribution in [-0.2, 0) is 0 Å². The number of rotatable bonds is 1. The molecule has 0 unspecified atom stereocenters. The molecule has 0 fully saturated rings. The zero-order chi connectivity index (χ0) is 27.1. The Balaban J connectivity index is 0.000000232. The van der Waals surface area contributed by atoms with Crippen molar-refractivity contribution in [2.24, 2.45) is 0 Å². The number of nitrogens with zero attached hydrogens (tertiary/aromatic N) is 2. The second kappa shape index (κ2) is 20.0. The predicted molar refractivity (Wildman–Crippen MR) is 158 cm³/mol. The third-order valence-corrected chi connectivity index (χ3v) is 4.76. The van der Waals surface area contributed by atoms with Crippen molar-refractivity contribution in [2.45, 2.75) is 34.6 Å². The monoisotopic (exact) mass is 492 g/mol. The number of benzene rings is 3. The number of hydrogen-bond acceptors (Lipinski definition) is 3. The van der Waals surface area contributed by atoms with Gasteiger partial charge in [-0.25, -0.2) is 0 Å². The molecule has 0 radical (unpaired) electrons. The molecule has 37 heavy (non-hydrogen) atoms. The van der Waals surface area contributed by atoms with E-state index in [1.165, 1.54) is 22.3 Å². The first kappa shape index (κ1) is 30.8. The van der Waals surface area contributed by atoms with Gasteiger partial charge in [-0.2, -0.15) is 0 Å². The molecule has 5 aromatic rings. The van der Waals surface area contributed by atoms with Crippen molar-refractivity contribution in [2.75, 3.05) is 7.11 Å². The second-order valence-electron chi connectivity index (χ2n) is 8.33. The van der Waals surface area contributed by atoms with Crippen LogP contribution in [0.3, 0.4) is 0 Å². The van der Waals surface area contributed by atoms with Gasteiger partial charge in [0.25, 0.3) is 0 Å². The Morgan fingerprint density at radius 1 is 0.459 bits per heavy atom. The van der Waals surface area contributed by atoms with Crippen molar-refractivity contribution in [3.05, 3.63) is 162 Å². The molecule has 3 nitrogen and oxygen atoms in total. The molecule has 0 saturated heterocycles. The molecule has 0 atom stereocenters. The topological polar surface area (TPSA) is 35.0 Å². The Bertz CT molecular complexity index is 1010. The van der Waals surface area contributed by atoms with Crippen LogP contribution in [0.2, 0.25) is 0 Å². The van der Waals surface area contributed by atoms with Crippen LogP contribution in [0.15, 0.2) is 134 Å². The number of ether oxygens (including phenoxy) is 1. The quantitative estimate of drug-likeness (QED) is 0.234. The summed E-state index contributed by atoms with van der Waals surface area (Å²) in [6.45, 7) is 10.2. The van der Waals surface area contributed by atoms with Gasteiger partial charge >= 0.3 is 0 Å². The SMILES string of the molecule is COc1ccc(C)cc1.Cc1ccccc1.Cc1ccccc1.Cc1ccccn1.Cc1cccnc1. The van der Waals surface area contributed by atoms with E-state index >= 15 is 0 Å². The predicted octanol–water partition coefficient (Wildman–Crippen LogP) is 8.77. The zero-order valence-corrected chi connectivity index (χ0v) is 23.0. The van der Waals surface area contributed by atoms with E-state index in [-0.39, 0.29) is 0 Å². The minimum Gasteiger partial charge on any atom is -0.497 e. The molecule has 5 rings (SSSR count). The Hall–Kier alpha value is -4.24. The van der Waals surface area contributed by atoms with Gasteiger partial charge in [0.05, 0.1) is 7.11 Å². The lowest BCUT2D eigenvalue weighted by Crippen LogP contribution is -1.80. The molecule has 2 aromatic heterocycles. The highest BCUT2D eigenvalue weighted by atomic mass is 16.5. The first-order valence-electron chi connectivity index (χ1n) is 12.3. The third-order valence-electron chi connectivity index (χ3n) is 4.76. The molecule has 2 heterocycles. The summed E-state index contributed by atoms with van der Waals surface area (Å²) in [5.74, 6) is 0.917. The van der Waals surface area contributed by atoms with Crippen LogP contribution in [0, 0.1) is 34.6 Å². The molecule has 0 aliphatic carbocycles. The summed E-state index contributed by atoms with van der Waals surface area (Å²) in [7, 11) is 1.67. The van der Waals surface area contributed by atoms with Crippen LogP contribution in [0.1, 0.15) is 27.9 Å². The van der Waals surface area contributed by atoms with E-state index in [4.69, 9.17) is 4.74 Å². The largest absolute Gasteiger partial charge is 0.497 e. The molecular formula is C34H40N2O. The van der Waals surface area contributed by atoms with E-state index in [0.29, 0.717) is 0 Å². The summed E-state index contributed by atoms with van der Waals surface area (Å²) in [6, 6.07) is 38.3. The molecule has 0 aliphatic heterocycles. The molecule has 3 aromatic carbocycles. The molecule has 3 heteroatoms. The molecule has 0 bridgehead atoms. The molecular weight excluding hydrogens is 452 g/mol.